The van der Waals surface area contributed by atoms with E-state index in [0.717, 1.165) is 0 Å². The molecule has 1 aromatic carbocycles. The molecule has 3 N–H and O–H groups in total. The molecular weight excluding hydrogens is 264 g/mol. The van der Waals surface area contributed by atoms with Crippen LogP contribution < -0.4 is 5.73 Å². The molecule has 0 aliphatic heterocycles. The first-order valence-electron chi connectivity index (χ1n) is 5.71. The van der Waals surface area contributed by atoms with Gasteiger partial charge in [-0.25, -0.2) is 4.68 Å². The van der Waals surface area contributed by atoms with Crippen molar-refractivity contribution in [2.75, 3.05) is 0 Å². The van der Waals surface area contributed by atoms with Crippen LogP contribution in [0.2, 0.25) is 0 Å². The zero-order valence-electron chi connectivity index (χ0n) is 10.6. The summed E-state index contributed by atoms with van der Waals surface area (Å²) in [7, 11) is 0. The Morgan fingerprint density at radius 1 is 1.55 bits per heavy atom. The molecule has 20 heavy (non-hydrogen) atoms. The van der Waals surface area contributed by atoms with E-state index in [1.165, 1.54) is 36.1 Å². The third kappa shape index (κ3) is 2.50. The van der Waals surface area contributed by atoms with Crippen LogP contribution in [-0.2, 0) is 0 Å². The predicted octanol–water partition coefficient (Wildman–Crippen LogP) is 0.933. The number of carbonyl (C=O) groups excluding carboxylic acids is 1. The minimum absolute atomic E-state index is 0.152. The first-order chi connectivity index (χ1) is 9.40. The normalized spacial score (nSPS) is 12.1. The number of nitro groups is 1. The number of nitrogens with two attached hydrogens (primary N) is 1. The van der Waals surface area contributed by atoms with Crippen molar-refractivity contribution in [3.8, 4) is 5.69 Å². The van der Waals surface area contributed by atoms with Crippen molar-refractivity contribution in [3.63, 3.8) is 0 Å². The van der Waals surface area contributed by atoms with Gasteiger partial charge in [-0.1, -0.05) is 6.07 Å². The molecule has 1 heterocycles. The molecular formula is C12H12N4O4. The van der Waals surface area contributed by atoms with E-state index < -0.39 is 16.9 Å². The number of primary amides is 1. The van der Waals surface area contributed by atoms with Crippen LogP contribution in [0.25, 0.3) is 5.69 Å². The first kappa shape index (κ1) is 13.7. The van der Waals surface area contributed by atoms with Gasteiger partial charge in [0.25, 0.3) is 11.6 Å². The van der Waals surface area contributed by atoms with Gasteiger partial charge < -0.3 is 10.8 Å². The summed E-state index contributed by atoms with van der Waals surface area (Å²) in [6.45, 7) is 1.51. The molecule has 0 radical (unpaired) electrons. The summed E-state index contributed by atoms with van der Waals surface area (Å²) < 4.78 is 1.20. The van der Waals surface area contributed by atoms with E-state index in [-0.39, 0.29) is 16.9 Å². The molecule has 1 aromatic heterocycles. The molecule has 1 amide bonds. The SMILES string of the molecule is CC(O)c1ccc(-n2cc(C(N)=O)cn2)c([N+](=O)[O-])c1. The van der Waals surface area contributed by atoms with Crippen molar-refractivity contribution in [2.45, 2.75) is 13.0 Å². The summed E-state index contributed by atoms with van der Waals surface area (Å²) in [6, 6.07) is 4.28. The molecule has 2 rings (SSSR count). The number of aliphatic hydroxyl groups is 1. The molecule has 8 heteroatoms. The third-order valence-corrected chi connectivity index (χ3v) is 2.79. The fourth-order valence-corrected chi connectivity index (χ4v) is 1.72. The van der Waals surface area contributed by atoms with Gasteiger partial charge in [0, 0.05) is 12.3 Å². The van der Waals surface area contributed by atoms with E-state index in [2.05, 4.69) is 5.10 Å². The van der Waals surface area contributed by atoms with Crippen molar-refractivity contribution in [2.24, 2.45) is 5.73 Å². The van der Waals surface area contributed by atoms with E-state index in [9.17, 15) is 20.0 Å². The van der Waals surface area contributed by atoms with E-state index in [0.29, 0.717) is 5.56 Å². The third-order valence-electron chi connectivity index (χ3n) is 2.79. The number of carbonyl (C=O) groups is 1. The monoisotopic (exact) mass is 276 g/mol. The molecule has 8 nitrogen and oxygen atoms in total. The highest BCUT2D eigenvalue weighted by atomic mass is 16.6. The number of aliphatic hydroxyl groups excluding tert-OH is 1. The largest absolute Gasteiger partial charge is 0.389 e. The fraction of sp³-hybridized carbons (Fsp3) is 0.167. The van der Waals surface area contributed by atoms with Crippen LogP contribution in [0.15, 0.2) is 30.6 Å². The standard InChI is InChI=1S/C12H12N4O4/c1-7(17)8-2-3-10(11(4-8)16(19)20)15-6-9(5-14-15)12(13)18/h2-7,17H,1H3,(H2,13,18). The maximum Gasteiger partial charge on any atom is 0.295 e. The van der Waals surface area contributed by atoms with E-state index in [4.69, 9.17) is 5.73 Å². The average molecular weight is 276 g/mol. The zero-order chi connectivity index (χ0) is 14.9. The Balaban J connectivity index is 2.54. The van der Waals surface area contributed by atoms with Crippen LogP contribution in [0.3, 0.4) is 0 Å². The summed E-state index contributed by atoms with van der Waals surface area (Å²) in [5.41, 5.74) is 5.65. The fourth-order valence-electron chi connectivity index (χ4n) is 1.72. The highest BCUT2D eigenvalue weighted by Crippen LogP contribution is 2.26. The molecule has 0 spiro atoms. The second-order valence-electron chi connectivity index (χ2n) is 4.22. The van der Waals surface area contributed by atoms with Crippen LogP contribution in [0.5, 0.6) is 0 Å². The second-order valence-corrected chi connectivity index (χ2v) is 4.22. The smallest absolute Gasteiger partial charge is 0.295 e. The van der Waals surface area contributed by atoms with Crippen molar-refractivity contribution in [3.05, 3.63) is 51.8 Å². The van der Waals surface area contributed by atoms with Crippen LogP contribution in [-0.4, -0.2) is 25.7 Å². The van der Waals surface area contributed by atoms with Crippen molar-refractivity contribution >= 4 is 11.6 Å². The van der Waals surface area contributed by atoms with Crippen LogP contribution in [0.1, 0.15) is 28.9 Å². The number of rotatable bonds is 4. The topological polar surface area (TPSA) is 124 Å². The lowest BCUT2D eigenvalue weighted by Crippen LogP contribution is -2.09. The van der Waals surface area contributed by atoms with Gasteiger partial charge in [-0.15, -0.1) is 0 Å². The Labute approximate surface area is 113 Å². The van der Waals surface area contributed by atoms with Gasteiger partial charge >= 0.3 is 0 Å². The van der Waals surface area contributed by atoms with E-state index in [1.54, 1.807) is 6.07 Å². The van der Waals surface area contributed by atoms with Crippen LogP contribution >= 0.6 is 0 Å². The molecule has 0 bridgehead atoms. The number of hydrogen-bond donors (Lipinski definition) is 2. The van der Waals surface area contributed by atoms with Gasteiger partial charge in [-0.3, -0.25) is 14.9 Å². The Kier molecular flexibility index (Phi) is 3.49. The highest BCUT2D eigenvalue weighted by Gasteiger charge is 2.19. The Morgan fingerprint density at radius 2 is 2.25 bits per heavy atom. The van der Waals surface area contributed by atoms with E-state index in [1.807, 2.05) is 0 Å². The quantitative estimate of drug-likeness (QED) is 0.635. The Morgan fingerprint density at radius 3 is 2.75 bits per heavy atom. The summed E-state index contributed by atoms with van der Waals surface area (Å²) in [6.07, 6.45) is 1.73. The summed E-state index contributed by atoms with van der Waals surface area (Å²) in [5.74, 6) is -0.667. The van der Waals surface area contributed by atoms with E-state index >= 15 is 0 Å². The van der Waals surface area contributed by atoms with Gasteiger partial charge in [-0.2, -0.15) is 5.10 Å². The molecule has 104 valence electrons. The lowest BCUT2D eigenvalue weighted by molar-refractivity contribution is -0.384. The molecule has 0 fully saturated rings. The molecule has 0 aliphatic rings. The molecule has 2 aromatic rings. The minimum atomic E-state index is -0.818. The number of amides is 1. The van der Waals surface area contributed by atoms with Gasteiger partial charge in [0.2, 0.25) is 0 Å². The van der Waals surface area contributed by atoms with Crippen molar-refractivity contribution in [1.29, 1.82) is 0 Å². The van der Waals surface area contributed by atoms with Gasteiger partial charge in [0.15, 0.2) is 0 Å². The van der Waals surface area contributed by atoms with Crippen LogP contribution in [0, 0.1) is 10.1 Å². The van der Waals surface area contributed by atoms with Gasteiger partial charge in [-0.05, 0) is 18.6 Å². The van der Waals surface area contributed by atoms with Crippen LogP contribution in [0.4, 0.5) is 5.69 Å². The average Bonchev–Trinajstić information content (AvgIpc) is 2.87. The van der Waals surface area contributed by atoms with Gasteiger partial charge in [0.05, 0.1) is 22.8 Å². The summed E-state index contributed by atoms with van der Waals surface area (Å²) in [4.78, 5) is 21.5. The maximum absolute atomic E-state index is 11.1. The zero-order valence-corrected chi connectivity index (χ0v) is 10.6. The number of hydrogen-bond acceptors (Lipinski definition) is 5. The molecule has 1 unspecified atom stereocenters. The lowest BCUT2D eigenvalue weighted by Gasteiger charge is -2.07. The number of nitrogens with zero attached hydrogens (tertiary/aromatic N) is 3. The van der Waals surface area contributed by atoms with Crippen molar-refractivity contribution in [1.82, 2.24) is 9.78 Å². The first-order valence-corrected chi connectivity index (χ1v) is 5.71. The number of aromatic nitrogens is 2. The number of benzene rings is 1. The minimum Gasteiger partial charge on any atom is -0.389 e. The van der Waals surface area contributed by atoms with Gasteiger partial charge in [0.1, 0.15) is 5.69 Å². The highest BCUT2D eigenvalue weighted by molar-refractivity contribution is 5.92. The summed E-state index contributed by atoms with van der Waals surface area (Å²) in [5, 5.41) is 24.4. The molecule has 0 saturated carbocycles. The predicted molar refractivity (Wildman–Crippen MR) is 69.4 cm³/mol. The molecule has 0 saturated heterocycles. The number of nitro benzene ring substituents is 1. The van der Waals surface area contributed by atoms with Crippen molar-refractivity contribution < 1.29 is 14.8 Å². The Bertz CT molecular complexity index is 678. The maximum atomic E-state index is 11.1. The molecule has 0 aliphatic carbocycles. The summed E-state index contributed by atoms with van der Waals surface area (Å²) >= 11 is 0. The lowest BCUT2D eigenvalue weighted by atomic mass is 10.1. The second kappa shape index (κ2) is 5.10. The Hall–Kier alpha value is -2.74. The molecule has 1 atom stereocenters.